The summed E-state index contributed by atoms with van der Waals surface area (Å²) in [4.78, 5) is 22.9. The summed E-state index contributed by atoms with van der Waals surface area (Å²) in [7, 11) is 1.84. The molecular formula is C19H19N5O3S. The molecule has 1 amide bonds. The molecule has 0 radical (unpaired) electrons. The van der Waals surface area contributed by atoms with Crippen molar-refractivity contribution in [2.24, 2.45) is 7.05 Å². The third-order valence-electron chi connectivity index (χ3n) is 4.18. The Hall–Kier alpha value is -3.20. The minimum atomic E-state index is -0.507. The average molecular weight is 397 g/mol. The topological polar surface area (TPSA) is 103 Å². The van der Waals surface area contributed by atoms with Gasteiger partial charge in [-0.2, -0.15) is 0 Å². The number of anilines is 1. The van der Waals surface area contributed by atoms with Gasteiger partial charge in [0.1, 0.15) is 5.69 Å². The monoisotopic (exact) mass is 397 g/mol. The Balaban J connectivity index is 1.70. The molecule has 28 heavy (non-hydrogen) atoms. The zero-order valence-electron chi connectivity index (χ0n) is 15.7. The van der Waals surface area contributed by atoms with Gasteiger partial charge < -0.3 is 9.88 Å². The molecule has 1 heterocycles. The van der Waals surface area contributed by atoms with Crippen molar-refractivity contribution < 1.29 is 9.72 Å². The maximum atomic E-state index is 12.3. The predicted octanol–water partition coefficient (Wildman–Crippen LogP) is 3.74. The predicted molar refractivity (Wildman–Crippen MR) is 108 cm³/mol. The van der Waals surface area contributed by atoms with Crippen molar-refractivity contribution in [2.45, 2.75) is 19.0 Å². The average Bonchev–Trinajstić information content (AvgIpc) is 3.02. The lowest BCUT2D eigenvalue weighted by molar-refractivity contribution is -0.384. The Labute approximate surface area is 166 Å². The van der Waals surface area contributed by atoms with Gasteiger partial charge in [0.05, 0.1) is 10.7 Å². The maximum Gasteiger partial charge on any atom is 0.293 e. The Morgan fingerprint density at radius 2 is 1.96 bits per heavy atom. The van der Waals surface area contributed by atoms with E-state index in [1.165, 1.54) is 23.9 Å². The van der Waals surface area contributed by atoms with Crippen LogP contribution in [0.1, 0.15) is 11.1 Å². The first-order chi connectivity index (χ1) is 13.4. The summed E-state index contributed by atoms with van der Waals surface area (Å²) >= 11 is 1.22. The van der Waals surface area contributed by atoms with E-state index < -0.39 is 4.92 Å². The molecule has 2 aromatic carbocycles. The van der Waals surface area contributed by atoms with Gasteiger partial charge in [0, 0.05) is 18.7 Å². The molecule has 0 unspecified atom stereocenters. The highest BCUT2D eigenvalue weighted by molar-refractivity contribution is 7.99. The lowest BCUT2D eigenvalue weighted by atomic mass is 10.1. The molecule has 0 fully saturated rings. The number of nitrogens with one attached hydrogen (secondary N) is 1. The molecule has 144 valence electrons. The largest absolute Gasteiger partial charge is 0.320 e. The Morgan fingerprint density at radius 1 is 1.21 bits per heavy atom. The van der Waals surface area contributed by atoms with E-state index in [2.05, 4.69) is 15.5 Å². The van der Waals surface area contributed by atoms with Crippen LogP contribution in [0.3, 0.4) is 0 Å². The van der Waals surface area contributed by atoms with Gasteiger partial charge in [0.2, 0.25) is 5.91 Å². The molecule has 3 rings (SSSR count). The molecule has 0 saturated heterocycles. The van der Waals surface area contributed by atoms with Gasteiger partial charge in [-0.3, -0.25) is 14.9 Å². The van der Waals surface area contributed by atoms with E-state index in [9.17, 15) is 14.9 Å². The van der Waals surface area contributed by atoms with Gasteiger partial charge in [0.25, 0.3) is 5.69 Å². The summed E-state index contributed by atoms with van der Waals surface area (Å²) in [6.07, 6.45) is 0. The second-order valence-electron chi connectivity index (χ2n) is 6.29. The minimum Gasteiger partial charge on any atom is -0.320 e. The van der Waals surface area contributed by atoms with E-state index in [1.807, 2.05) is 42.8 Å². The van der Waals surface area contributed by atoms with E-state index in [4.69, 9.17) is 0 Å². The normalized spacial score (nSPS) is 10.7. The summed E-state index contributed by atoms with van der Waals surface area (Å²) in [6, 6.07) is 12.5. The van der Waals surface area contributed by atoms with Crippen LogP contribution in [0.15, 0.2) is 47.6 Å². The lowest BCUT2D eigenvalue weighted by Crippen LogP contribution is -2.15. The van der Waals surface area contributed by atoms with Gasteiger partial charge in [-0.15, -0.1) is 10.2 Å². The number of hydrogen-bond acceptors (Lipinski definition) is 6. The number of nitro groups is 1. The summed E-state index contributed by atoms with van der Waals surface area (Å²) < 4.78 is 1.83. The molecule has 0 atom stereocenters. The maximum absolute atomic E-state index is 12.3. The minimum absolute atomic E-state index is 0.0603. The molecule has 0 aliphatic carbocycles. The Morgan fingerprint density at radius 3 is 2.68 bits per heavy atom. The van der Waals surface area contributed by atoms with Gasteiger partial charge in [-0.25, -0.2) is 0 Å². The first-order valence-corrected chi connectivity index (χ1v) is 9.48. The summed E-state index contributed by atoms with van der Waals surface area (Å²) in [5.74, 6) is 0.428. The van der Waals surface area contributed by atoms with Crippen LogP contribution in [-0.2, 0) is 11.8 Å². The van der Waals surface area contributed by atoms with Crippen LogP contribution in [0.25, 0.3) is 11.4 Å². The van der Waals surface area contributed by atoms with E-state index >= 15 is 0 Å². The van der Waals surface area contributed by atoms with Crippen LogP contribution in [0.5, 0.6) is 0 Å². The van der Waals surface area contributed by atoms with Gasteiger partial charge in [0.15, 0.2) is 11.0 Å². The number of aromatic nitrogens is 3. The molecule has 3 aromatic rings. The molecule has 0 spiro atoms. The molecule has 0 bridgehead atoms. The quantitative estimate of drug-likeness (QED) is 0.386. The number of benzene rings is 2. The Bertz CT molecular complexity index is 1050. The van der Waals surface area contributed by atoms with Crippen LogP contribution in [0.4, 0.5) is 11.4 Å². The van der Waals surface area contributed by atoms with Crippen molar-refractivity contribution in [1.29, 1.82) is 0 Å². The van der Waals surface area contributed by atoms with Crippen molar-refractivity contribution in [3.05, 3.63) is 63.7 Å². The second kappa shape index (κ2) is 8.22. The highest BCUT2D eigenvalue weighted by Crippen LogP contribution is 2.27. The fourth-order valence-corrected chi connectivity index (χ4v) is 3.42. The zero-order chi connectivity index (χ0) is 20.3. The summed E-state index contributed by atoms with van der Waals surface area (Å²) in [5, 5.41) is 22.7. The third kappa shape index (κ3) is 4.20. The third-order valence-corrected chi connectivity index (χ3v) is 5.20. The number of thioether (sulfide) groups is 1. The number of nitrogens with zero attached hydrogens (tertiary/aromatic N) is 4. The first kappa shape index (κ1) is 19.6. The number of amides is 1. The Kier molecular flexibility index (Phi) is 5.74. The number of nitro benzene ring substituents is 1. The lowest BCUT2D eigenvalue weighted by Gasteiger charge is -2.07. The molecule has 0 aliphatic heterocycles. The van der Waals surface area contributed by atoms with Crippen molar-refractivity contribution in [1.82, 2.24) is 14.8 Å². The summed E-state index contributed by atoms with van der Waals surface area (Å²) in [5.41, 5.74) is 2.86. The fourth-order valence-electron chi connectivity index (χ4n) is 2.71. The van der Waals surface area contributed by atoms with Crippen molar-refractivity contribution in [2.75, 3.05) is 11.1 Å². The highest BCUT2D eigenvalue weighted by Gasteiger charge is 2.18. The summed E-state index contributed by atoms with van der Waals surface area (Å²) in [6.45, 7) is 3.76. The standard InChI is InChI=1S/C19H19N5O3S/c1-12-8-9-15(16(10-12)24(26)27)20-17(25)11-28-19-22-21-18(23(19)3)14-7-5-4-6-13(14)2/h4-10H,11H2,1-3H3,(H,20,25). The SMILES string of the molecule is Cc1ccc(NC(=O)CSc2nnc(-c3ccccc3C)n2C)c([N+](=O)[O-])c1. The van der Waals surface area contributed by atoms with Crippen LogP contribution in [0, 0.1) is 24.0 Å². The van der Waals surface area contributed by atoms with E-state index in [0.29, 0.717) is 5.16 Å². The van der Waals surface area contributed by atoms with Crippen LogP contribution in [-0.4, -0.2) is 31.3 Å². The molecule has 1 aromatic heterocycles. The number of carbonyl (C=O) groups is 1. The van der Waals surface area contributed by atoms with E-state index in [1.54, 1.807) is 13.0 Å². The number of aryl methyl sites for hydroxylation is 2. The van der Waals surface area contributed by atoms with Gasteiger partial charge in [-0.1, -0.05) is 42.1 Å². The van der Waals surface area contributed by atoms with Crippen LogP contribution >= 0.6 is 11.8 Å². The van der Waals surface area contributed by atoms with Crippen LogP contribution in [0.2, 0.25) is 0 Å². The molecule has 9 heteroatoms. The fraction of sp³-hybridized carbons (Fsp3) is 0.211. The smallest absolute Gasteiger partial charge is 0.293 e. The van der Waals surface area contributed by atoms with E-state index in [-0.39, 0.29) is 23.0 Å². The molecule has 0 aliphatic rings. The second-order valence-corrected chi connectivity index (χ2v) is 7.24. The molecular weight excluding hydrogens is 378 g/mol. The van der Waals surface area contributed by atoms with Crippen LogP contribution < -0.4 is 5.32 Å². The highest BCUT2D eigenvalue weighted by atomic mass is 32.2. The number of hydrogen-bond donors (Lipinski definition) is 1. The zero-order valence-corrected chi connectivity index (χ0v) is 16.5. The molecule has 1 N–H and O–H groups in total. The number of carbonyl (C=O) groups excluding carboxylic acids is 1. The van der Waals surface area contributed by atoms with Gasteiger partial charge >= 0.3 is 0 Å². The van der Waals surface area contributed by atoms with Crippen molar-refractivity contribution in [3.63, 3.8) is 0 Å². The van der Waals surface area contributed by atoms with Gasteiger partial charge in [-0.05, 0) is 31.0 Å². The van der Waals surface area contributed by atoms with E-state index in [0.717, 1.165) is 22.5 Å². The van der Waals surface area contributed by atoms with Crippen molar-refractivity contribution >= 4 is 29.0 Å². The van der Waals surface area contributed by atoms with Crippen molar-refractivity contribution in [3.8, 4) is 11.4 Å². The first-order valence-electron chi connectivity index (χ1n) is 8.50. The number of rotatable bonds is 6. The molecule has 8 nitrogen and oxygen atoms in total. The molecule has 0 saturated carbocycles.